The molecule has 0 aliphatic carbocycles. The molecule has 7 nitrogen and oxygen atoms in total. The molecule has 2 aromatic heterocycles. The molecule has 0 N–H and O–H groups in total. The molecule has 0 unspecified atom stereocenters. The standard InChI is InChI=1S/C18H22N4O3/c1-18(2,3)25-17(24)21-8-6-16-14(10-21)20-12-22(16)9-13-5-4-7-19-15(13)11-23/h4-5,7,11-12H,6,8-10H2,1-3H3. The van der Waals surface area contributed by atoms with Crippen LogP contribution in [0.2, 0.25) is 0 Å². The van der Waals surface area contributed by atoms with E-state index in [4.69, 9.17) is 4.74 Å². The SMILES string of the molecule is CC(C)(C)OC(=O)N1CCc2c(ncn2Cc2cccnc2C=O)C1. The monoisotopic (exact) mass is 342 g/mol. The maximum Gasteiger partial charge on any atom is 0.410 e. The van der Waals surface area contributed by atoms with Crippen molar-refractivity contribution in [3.05, 3.63) is 47.3 Å². The van der Waals surface area contributed by atoms with E-state index in [0.717, 1.165) is 23.2 Å². The van der Waals surface area contributed by atoms with Gasteiger partial charge in [0, 0.05) is 30.4 Å². The normalized spacial score (nSPS) is 14.1. The number of amides is 1. The number of imidazole rings is 1. The van der Waals surface area contributed by atoms with Crippen LogP contribution in [-0.2, 0) is 24.2 Å². The molecule has 1 aliphatic rings. The molecule has 0 saturated carbocycles. The number of hydrogen-bond donors (Lipinski definition) is 0. The smallest absolute Gasteiger partial charge is 0.410 e. The Kier molecular flexibility index (Phi) is 4.57. The van der Waals surface area contributed by atoms with Crippen molar-refractivity contribution >= 4 is 12.4 Å². The first-order chi connectivity index (χ1) is 11.9. The Morgan fingerprint density at radius 3 is 2.88 bits per heavy atom. The highest BCUT2D eigenvalue weighted by Crippen LogP contribution is 2.21. The predicted octanol–water partition coefficient (Wildman–Crippen LogP) is 2.43. The van der Waals surface area contributed by atoms with Gasteiger partial charge < -0.3 is 14.2 Å². The highest BCUT2D eigenvalue weighted by Gasteiger charge is 2.28. The van der Waals surface area contributed by atoms with Gasteiger partial charge in [-0.15, -0.1) is 0 Å². The molecule has 3 rings (SSSR count). The second-order valence-electron chi connectivity index (χ2n) is 7.08. The predicted molar refractivity (Wildman–Crippen MR) is 91.3 cm³/mol. The van der Waals surface area contributed by atoms with Gasteiger partial charge in [0.15, 0.2) is 6.29 Å². The number of nitrogens with zero attached hydrogens (tertiary/aromatic N) is 4. The largest absolute Gasteiger partial charge is 0.444 e. The highest BCUT2D eigenvalue weighted by atomic mass is 16.6. The number of rotatable bonds is 3. The molecule has 0 spiro atoms. The zero-order chi connectivity index (χ0) is 18.0. The molecular formula is C18H22N4O3. The summed E-state index contributed by atoms with van der Waals surface area (Å²) in [5, 5.41) is 0. The van der Waals surface area contributed by atoms with Crippen LogP contribution in [0.25, 0.3) is 0 Å². The van der Waals surface area contributed by atoms with Gasteiger partial charge in [-0.3, -0.25) is 9.78 Å². The maximum atomic E-state index is 12.2. The molecule has 1 amide bonds. The third-order valence-corrected chi connectivity index (χ3v) is 4.02. The summed E-state index contributed by atoms with van der Waals surface area (Å²) in [6.07, 6.45) is 4.51. The quantitative estimate of drug-likeness (QED) is 0.801. The molecule has 0 bridgehead atoms. The van der Waals surface area contributed by atoms with E-state index in [1.165, 1.54) is 0 Å². The lowest BCUT2D eigenvalue weighted by atomic mass is 10.1. The van der Waals surface area contributed by atoms with E-state index < -0.39 is 5.60 Å². The van der Waals surface area contributed by atoms with E-state index in [-0.39, 0.29) is 6.09 Å². The third kappa shape index (κ3) is 3.87. The van der Waals surface area contributed by atoms with Crippen molar-refractivity contribution in [1.29, 1.82) is 0 Å². The topological polar surface area (TPSA) is 77.3 Å². The molecule has 7 heteroatoms. The van der Waals surface area contributed by atoms with Crippen LogP contribution < -0.4 is 0 Å². The average Bonchev–Trinajstić information content (AvgIpc) is 2.96. The van der Waals surface area contributed by atoms with E-state index in [0.29, 0.717) is 31.7 Å². The zero-order valence-electron chi connectivity index (χ0n) is 14.7. The van der Waals surface area contributed by atoms with Crippen LogP contribution in [0.15, 0.2) is 24.7 Å². The molecule has 132 valence electrons. The summed E-state index contributed by atoms with van der Waals surface area (Å²) < 4.78 is 7.45. The van der Waals surface area contributed by atoms with Crippen molar-refractivity contribution in [3.63, 3.8) is 0 Å². The number of carbonyl (C=O) groups is 2. The van der Waals surface area contributed by atoms with Gasteiger partial charge in [-0.2, -0.15) is 0 Å². The third-order valence-electron chi connectivity index (χ3n) is 4.02. The van der Waals surface area contributed by atoms with E-state index in [1.807, 2.05) is 37.5 Å². The molecule has 3 heterocycles. The van der Waals surface area contributed by atoms with Gasteiger partial charge in [-0.1, -0.05) is 6.07 Å². The van der Waals surface area contributed by atoms with Crippen molar-refractivity contribution < 1.29 is 14.3 Å². The minimum absolute atomic E-state index is 0.316. The van der Waals surface area contributed by atoms with Crippen LogP contribution in [0.5, 0.6) is 0 Å². The van der Waals surface area contributed by atoms with E-state index in [1.54, 1.807) is 17.4 Å². The van der Waals surface area contributed by atoms with Gasteiger partial charge in [-0.25, -0.2) is 9.78 Å². The van der Waals surface area contributed by atoms with Crippen molar-refractivity contribution in [3.8, 4) is 0 Å². The Balaban J connectivity index is 1.75. The lowest BCUT2D eigenvalue weighted by molar-refractivity contribution is 0.0220. The lowest BCUT2D eigenvalue weighted by Crippen LogP contribution is -2.40. The molecule has 0 fully saturated rings. The summed E-state index contributed by atoms with van der Waals surface area (Å²) in [6, 6.07) is 3.70. The van der Waals surface area contributed by atoms with Crippen LogP contribution in [-0.4, -0.2) is 44.0 Å². The molecule has 0 aromatic carbocycles. The minimum Gasteiger partial charge on any atom is -0.444 e. The molecule has 0 saturated heterocycles. The maximum absolute atomic E-state index is 12.2. The summed E-state index contributed by atoms with van der Waals surface area (Å²) >= 11 is 0. The van der Waals surface area contributed by atoms with Gasteiger partial charge in [-0.05, 0) is 26.8 Å². The molecule has 25 heavy (non-hydrogen) atoms. The Morgan fingerprint density at radius 2 is 2.16 bits per heavy atom. The zero-order valence-corrected chi connectivity index (χ0v) is 14.7. The van der Waals surface area contributed by atoms with Crippen molar-refractivity contribution in [2.45, 2.75) is 45.9 Å². The Labute approximate surface area is 146 Å². The second kappa shape index (κ2) is 6.66. The van der Waals surface area contributed by atoms with E-state index >= 15 is 0 Å². The Hall–Kier alpha value is -2.70. The highest BCUT2D eigenvalue weighted by molar-refractivity contribution is 5.74. The first-order valence-corrected chi connectivity index (χ1v) is 8.27. The van der Waals surface area contributed by atoms with Gasteiger partial charge in [0.25, 0.3) is 0 Å². The lowest BCUT2D eigenvalue weighted by Gasteiger charge is -2.30. The fourth-order valence-corrected chi connectivity index (χ4v) is 2.86. The Morgan fingerprint density at radius 1 is 1.36 bits per heavy atom. The summed E-state index contributed by atoms with van der Waals surface area (Å²) in [7, 11) is 0. The molecular weight excluding hydrogens is 320 g/mol. The number of aromatic nitrogens is 3. The van der Waals surface area contributed by atoms with Gasteiger partial charge >= 0.3 is 6.09 Å². The number of hydrogen-bond acceptors (Lipinski definition) is 5. The van der Waals surface area contributed by atoms with Crippen LogP contribution in [0.3, 0.4) is 0 Å². The van der Waals surface area contributed by atoms with Gasteiger partial charge in [0.05, 0.1) is 25.1 Å². The summed E-state index contributed by atoms with van der Waals surface area (Å²) in [4.78, 5) is 33.6. The summed E-state index contributed by atoms with van der Waals surface area (Å²) in [5.74, 6) is 0. The van der Waals surface area contributed by atoms with E-state index in [2.05, 4.69) is 9.97 Å². The van der Waals surface area contributed by atoms with Crippen molar-refractivity contribution in [1.82, 2.24) is 19.4 Å². The molecule has 0 atom stereocenters. The first kappa shape index (κ1) is 17.1. The summed E-state index contributed by atoms with van der Waals surface area (Å²) in [5.41, 5.74) is 2.74. The van der Waals surface area contributed by atoms with Crippen LogP contribution >= 0.6 is 0 Å². The van der Waals surface area contributed by atoms with Crippen molar-refractivity contribution in [2.75, 3.05) is 6.54 Å². The van der Waals surface area contributed by atoms with Gasteiger partial charge in [0.1, 0.15) is 11.3 Å². The number of carbonyl (C=O) groups excluding carboxylic acids is 2. The summed E-state index contributed by atoms with van der Waals surface area (Å²) in [6.45, 7) is 7.12. The molecule has 2 aromatic rings. The second-order valence-corrected chi connectivity index (χ2v) is 7.08. The number of aldehydes is 1. The number of fused-ring (bicyclic) bond motifs is 1. The van der Waals surface area contributed by atoms with Crippen LogP contribution in [0.4, 0.5) is 4.79 Å². The minimum atomic E-state index is -0.512. The van der Waals surface area contributed by atoms with Gasteiger partial charge in [0.2, 0.25) is 0 Å². The fraction of sp³-hybridized carbons (Fsp3) is 0.444. The van der Waals surface area contributed by atoms with Crippen LogP contribution in [0, 0.1) is 0 Å². The Bertz CT molecular complexity index is 792. The average molecular weight is 342 g/mol. The first-order valence-electron chi connectivity index (χ1n) is 8.27. The van der Waals surface area contributed by atoms with Crippen molar-refractivity contribution in [2.24, 2.45) is 0 Å². The fourth-order valence-electron chi connectivity index (χ4n) is 2.86. The number of ether oxygens (including phenoxy) is 1. The molecule has 0 radical (unpaired) electrons. The molecule has 1 aliphatic heterocycles. The van der Waals surface area contributed by atoms with Crippen LogP contribution in [0.1, 0.15) is 48.2 Å². The van der Waals surface area contributed by atoms with E-state index in [9.17, 15) is 9.59 Å². The number of pyridine rings is 1.